The Hall–Kier alpha value is -1.85. The van der Waals surface area contributed by atoms with E-state index in [9.17, 15) is 4.79 Å². The molecule has 6 nitrogen and oxygen atoms in total. The van der Waals surface area contributed by atoms with Crippen LogP contribution in [0.4, 0.5) is 0 Å². The first kappa shape index (κ1) is 8.74. The monoisotopic (exact) mass is 193 g/mol. The van der Waals surface area contributed by atoms with Crippen LogP contribution in [-0.2, 0) is 20.0 Å². The third-order valence-electron chi connectivity index (χ3n) is 2.10. The number of nitrogens with zero attached hydrogens (tertiary/aromatic N) is 4. The Balaban J connectivity index is 2.05. The van der Waals surface area contributed by atoms with Crippen LogP contribution in [-0.4, -0.2) is 24.3 Å². The van der Waals surface area contributed by atoms with Gasteiger partial charge in [0.25, 0.3) is 0 Å². The average Bonchev–Trinajstić information content (AvgIpc) is 2.72. The van der Waals surface area contributed by atoms with E-state index in [2.05, 4.69) is 15.2 Å². The van der Waals surface area contributed by atoms with E-state index in [1.165, 1.54) is 0 Å². The van der Waals surface area contributed by atoms with E-state index in [1.54, 1.807) is 23.3 Å². The molecule has 0 aliphatic carbocycles. The SMILES string of the molecule is Cn1cnnc1CCn1cc[nH]c1=O. The molecule has 0 amide bonds. The second-order valence-corrected chi connectivity index (χ2v) is 3.07. The van der Waals surface area contributed by atoms with Gasteiger partial charge in [-0.15, -0.1) is 10.2 Å². The molecule has 0 aliphatic heterocycles. The quantitative estimate of drug-likeness (QED) is 0.717. The summed E-state index contributed by atoms with van der Waals surface area (Å²) >= 11 is 0. The zero-order valence-electron chi connectivity index (χ0n) is 7.84. The molecule has 14 heavy (non-hydrogen) atoms. The number of rotatable bonds is 3. The van der Waals surface area contributed by atoms with Crippen molar-refractivity contribution < 1.29 is 0 Å². The van der Waals surface area contributed by atoms with Crippen LogP contribution in [0.5, 0.6) is 0 Å². The molecule has 6 heteroatoms. The molecule has 2 aromatic heterocycles. The minimum Gasteiger partial charge on any atom is -0.321 e. The average molecular weight is 193 g/mol. The second-order valence-electron chi connectivity index (χ2n) is 3.07. The lowest BCUT2D eigenvalue weighted by Gasteiger charge is -2.00. The molecule has 0 atom stereocenters. The van der Waals surface area contributed by atoms with Gasteiger partial charge in [-0.25, -0.2) is 4.79 Å². The van der Waals surface area contributed by atoms with Gasteiger partial charge in [-0.05, 0) is 0 Å². The van der Waals surface area contributed by atoms with Crippen molar-refractivity contribution in [2.75, 3.05) is 0 Å². The van der Waals surface area contributed by atoms with Gasteiger partial charge >= 0.3 is 5.69 Å². The maximum Gasteiger partial charge on any atom is 0.325 e. The van der Waals surface area contributed by atoms with Crippen molar-refractivity contribution in [3.05, 3.63) is 35.0 Å². The van der Waals surface area contributed by atoms with Gasteiger partial charge in [0.15, 0.2) is 0 Å². The van der Waals surface area contributed by atoms with E-state index >= 15 is 0 Å². The first-order chi connectivity index (χ1) is 6.77. The van der Waals surface area contributed by atoms with Crippen molar-refractivity contribution >= 4 is 0 Å². The Morgan fingerprint density at radius 2 is 2.43 bits per heavy atom. The highest BCUT2D eigenvalue weighted by molar-refractivity contribution is 4.85. The van der Waals surface area contributed by atoms with Crippen LogP contribution in [0.1, 0.15) is 5.82 Å². The highest BCUT2D eigenvalue weighted by atomic mass is 16.1. The smallest absolute Gasteiger partial charge is 0.321 e. The van der Waals surface area contributed by atoms with Crippen molar-refractivity contribution in [1.82, 2.24) is 24.3 Å². The fourth-order valence-electron chi connectivity index (χ4n) is 1.28. The maximum atomic E-state index is 11.1. The van der Waals surface area contributed by atoms with E-state index in [1.807, 2.05) is 11.6 Å². The topological polar surface area (TPSA) is 68.5 Å². The standard InChI is InChI=1S/C8H11N5O/c1-12-6-10-11-7(12)2-4-13-5-3-9-8(13)14/h3,5-6H,2,4H2,1H3,(H,9,14). The van der Waals surface area contributed by atoms with Crippen LogP contribution < -0.4 is 5.69 Å². The number of imidazole rings is 1. The van der Waals surface area contributed by atoms with Crippen LogP contribution in [0.15, 0.2) is 23.5 Å². The molecule has 0 spiro atoms. The summed E-state index contributed by atoms with van der Waals surface area (Å²) in [5.41, 5.74) is -0.0906. The van der Waals surface area contributed by atoms with Crippen LogP contribution in [0, 0.1) is 0 Å². The molecule has 0 aromatic carbocycles. The van der Waals surface area contributed by atoms with E-state index < -0.39 is 0 Å². The summed E-state index contributed by atoms with van der Waals surface area (Å²) in [5, 5.41) is 7.69. The first-order valence-corrected chi connectivity index (χ1v) is 4.34. The molecule has 0 fully saturated rings. The molecule has 2 aromatic rings. The van der Waals surface area contributed by atoms with Gasteiger partial charge in [0.05, 0.1) is 0 Å². The summed E-state index contributed by atoms with van der Waals surface area (Å²) in [4.78, 5) is 13.7. The molecule has 2 heterocycles. The van der Waals surface area contributed by atoms with Crippen molar-refractivity contribution in [2.24, 2.45) is 7.05 Å². The lowest BCUT2D eigenvalue weighted by molar-refractivity contribution is 0.632. The molecular weight excluding hydrogens is 182 g/mol. The van der Waals surface area contributed by atoms with Crippen molar-refractivity contribution in [2.45, 2.75) is 13.0 Å². The molecule has 0 bridgehead atoms. The van der Waals surface area contributed by atoms with Crippen LogP contribution in [0.3, 0.4) is 0 Å². The molecule has 74 valence electrons. The Morgan fingerprint density at radius 3 is 3.00 bits per heavy atom. The normalized spacial score (nSPS) is 10.6. The molecular formula is C8H11N5O. The number of hydrogen-bond acceptors (Lipinski definition) is 3. The zero-order valence-corrected chi connectivity index (χ0v) is 7.84. The van der Waals surface area contributed by atoms with E-state index in [0.29, 0.717) is 13.0 Å². The highest BCUT2D eigenvalue weighted by Crippen LogP contribution is 1.94. The van der Waals surface area contributed by atoms with E-state index in [0.717, 1.165) is 5.82 Å². The number of hydrogen-bond donors (Lipinski definition) is 1. The van der Waals surface area contributed by atoms with Crippen molar-refractivity contribution in [1.29, 1.82) is 0 Å². The van der Waals surface area contributed by atoms with E-state index in [-0.39, 0.29) is 5.69 Å². The maximum absolute atomic E-state index is 11.1. The first-order valence-electron chi connectivity index (χ1n) is 4.34. The molecule has 0 saturated heterocycles. The Morgan fingerprint density at radius 1 is 1.57 bits per heavy atom. The summed E-state index contributed by atoms with van der Waals surface area (Å²) in [6, 6.07) is 0. The zero-order chi connectivity index (χ0) is 9.97. The number of aromatic amines is 1. The predicted molar refractivity (Wildman–Crippen MR) is 49.8 cm³/mol. The van der Waals surface area contributed by atoms with E-state index in [4.69, 9.17) is 0 Å². The van der Waals surface area contributed by atoms with Crippen LogP contribution >= 0.6 is 0 Å². The Bertz CT molecular complexity index is 466. The fraction of sp³-hybridized carbons (Fsp3) is 0.375. The van der Waals surface area contributed by atoms with Crippen molar-refractivity contribution in [3.63, 3.8) is 0 Å². The molecule has 0 aliphatic rings. The van der Waals surface area contributed by atoms with Gasteiger partial charge in [0, 0.05) is 32.4 Å². The Labute approximate surface area is 80.2 Å². The number of nitrogens with one attached hydrogen (secondary N) is 1. The molecule has 1 N–H and O–H groups in total. The van der Waals surface area contributed by atoms with Gasteiger partial charge in [-0.2, -0.15) is 0 Å². The summed E-state index contributed by atoms with van der Waals surface area (Å²) < 4.78 is 3.45. The third kappa shape index (κ3) is 1.59. The summed E-state index contributed by atoms with van der Waals surface area (Å²) in [6.07, 6.45) is 5.70. The highest BCUT2D eigenvalue weighted by Gasteiger charge is 2.01. The number of H-pyrrole nitrogens is 1. The molecule has 0 unspecified atom stereocenters. The van der Waals surface area contributed by atoms with Gasteiger partial charge in [-0.3, -0.25) is 4.57 Å². The van der Waals surface area contributed by atoms with Crippen LogP contribution in [0.25, 0.3) is 0 Å². The number of aromatic nitrogens is 5. The minimum atomic E-state index is -0.0906. The van der Waals surface area contributed by atoms with Crippen molar-refractivity contribution in [3.8, 4) is 0 Å². The molecule has 0 saturated carbocycles. The summed E-state index contributed by atoms with van der Waals surface area (Å²) in [6.45, 7) is 0.620. The lowest BCUT2D eigenvalue weighted by Crippen LogP contribution is -2.18. The minimum absolute atomic E-state index is 0.0906. The Kier molecular flexibility index (Phi) is 2.18. The second kappa shape index (κ2) is 3.49. The summed E-state index contributed by atoms with van der Waals surface area (Å²) in [5.74, 6) is 0.873. The van der Waals surface area contributed by atoms with Gasteiger partial charge in [-0.1, -0.05) is 0 Å². The predicted octanol–water partition coefficient (Wildman–Crippen LogP) is -0.452. The largest absolute Gasteiger partial charge is 0.325 e. The fourth-order valence-corrected chi connectivity index (χ4v) is 1.28. The van der Waals surface area contributed by atoms with Gasteiger partial charge < -0.3 is 9.55 Å². The summed E-state index contributed by atoms with van der Waals surface area (Å²) in [7, 11) is 1.88. The van der Waals surface area contributed by atoms with Gasteiger partial charge in [0.2, 0.25) is 0 Å². The molecule has 0 radical (unpaired) electrons. The lowest BCUT2D eigenvalue weighted by atomic mass is 10.4. The van der Waals surface area contributed by atoms with Crippen LogP contribution in [0.2, 0.25) is 0 Å². The number of aryl methyl sites for hydroxylation is 3. The molecule has 2 rings (SSSR count). The van der Waals surface area contributed by atoms with Gasteiger partial charge in [0.1, 0.15) is 12.2 Å². The third-order valence-corrected chi connectivity index (χ3v) is 2.10.